The molecule has 2 nitrogen and oxygen atoms in total. The molecule has 0 saturated heterocycles. The van der Waals surface area contributed by atoms with Crippen molar-refractivity contribution < 1.29 is 0 Å². The van der Waals surface area contributed by atoms with Crippen LogP contribution in [0.2, 0.25) is 0 Å². The minimum absolute atomic E-state index is 0.0291. The molecule has 0 fully saturated rings. The Labute approximate surface area is 401 Å². The molecule has 2 heterocycles. The summed E-state index contributed by atoms with van der Waals surface area (Å²) in [4.78, 5) is 5.35. The van der Waals surface area contributed by atoms with Gasteiger partial charge in [-0.2, -0.15) is 0 Å². The van der Waals surface area contributed by atoms with E-state index in [-0.39, 0.29) is 6.71 Å². The second-order valence-corrected chi connectivity index (χ2v) is 19.1. The van der Waals surface area contributed by atoms with Gasteiger partial charge in [-0.25, -0.2) is 0 Å². The average Bonchev–Trinajstić information content (AvgIpc) is 3.42. The van der Waals surface area contributed by atoms with Crippen LogP contribution in [0.25, 0.3) is 86.2 Å². The van der Waals surface area contributed by atoms with Crippen LogP contribution < -0.4 is 26.2 Å². The molecule has 69 heavy (non-hydrogen) atoms. The third kappa shape index (κ3) is 5.17. The van der Waals surface area contributed by atoms with Gasteiger partial charge < -0.3 is 9.80 Å². The average molecular weight is 877 g/mol. The van der Waals surface area contributed by atoms with E-state index in [0.717, 1.165) is 12.8 Å². The Balaban J connectivity index is 1.14. The first-order valence-electron chi connectivity index (χ1n) is 24.7. The van der Waals surface area contributed by atoms with Gasteiger partial charge in [0.05, 0.1) is 11.4 Å². The summed E-state index contributed by atoms with van der Waals surface area (Å²) in [5, 5.41) is 20.5. The maximum atomic E-state index is 2.67. The number of hydrogen-bond acceptors (Lipinski definition) is 2. The van der Waals surface area contributed by atoms with Crippen molar-refractivity contribution in [2.45, 2.75) is 26.7 Å². The first-order chi connectivity index (χ1) is 34.2. The van der Waals surface area contributed by atoms with Crippen molar-refractivity contribution in [2.75, 3.05) is 9.80 Å². The van der Waals surface area contributed by atoms with E-state index in [1.165, 1.54) is 148 Å². The number of anilines is 6. The smallest absolute Gasteiger partial charge is 0.252 e. The van der Waals surface area contributed by atoms with E-state index in [2.05, 4.69) is 236 Å². The molecule has 0 aliphatic carbocycles. The molecule has 0 saturated carbocycles. The molecule has 2 aliphatic heterocycles. The molecule has 0 amide bonds. The van der Waals surface area contributed by atoms with Gasteiger partial charge in [-0.15, -0.1) is 0 Å². The lowest BCUT2D eigenvalue weighted by Gasteiger charge is -2.45. The Bertz CT molecular complexity index is 4010. The van der Waals surface area contributed by atoms with Crippen molar-refractivity contribution in [1.29, 1.82) is 0 Å². The second-order valence-electron chi connectivity index (χ2n) is 19.1. The van der Waals surface area contributed by atoms with Crippen LogP contribution in [0, 0.1) is 0 Å². The van der Waals surface area contributed by atoms with Gasteiger partial charge in [0.1, 0.15) is 0 Å². The molecule has 13 aromatic carbocycles. The van der Waals surface area contributed by atoms with Crippen LogP contribution in [0.15, 0.2) is 212 Å². The lowest BCUT2D eigenvalue weighted by atomic mass is 9.33. The molecule has 15 rings (SSSR count). The van der Waals surface area contributed by atoms with Gasteiger partial charge in [0, 0.05) is 44.3 Å². The summed E-state index contributed by atoms with van der Waals surface area (Å²) in [7, 11) is 0. The van der Waals surface area contributed by atoms with E-state index in [1.54, 1.807) is 0 Å². The maximum absolute atomic E-state index is 2.67. The number of aryl methyl sites for hydroxylation is 2. The Morgan fingerprint density at radius 1 is 0.290 bits per heavy atom. The van der Waals surface area contributed by atoms with Crippen molar-refractivity contribution in [3.8, 4) is 0 Å². The van der Waals surface area contributed by atoms with Crippen molar-refractivity contribution in [2.24, 2.45) is 0 Å². The highest BCUT2D eigenvalue weighted by atomic mass is 15.2. The molecule has 322 valence electrons. The van der Waals surface area contributed by atoms with E-state index in [9.17, 15) is 0 Å². The van der Waals surface area contributed by atoms with Crippen LogP contribution in [0.5, 0.6) is 0 Å². The molecular weight excluding hydrogens is 832 g/mol. The fourth-order valence-electron chi connectivity index (χ4n) is 13.1. The van der Waals surface area contributed by atoms with E-state index in [0.29, 0.717) is 0 Å². The highest BCUT2D eigenvalue weighted by Gasteiger charge is 2.45. The van der Waals surface area contributed by atoms with Gasteiger partial charge in [-0.05, 0) is 129 Å². The summed E-state index contributed by atoms with van der Waals surface area (Å²) >= 11 is 0. The lowest BCUT2D eigenvalue weighted by Crippen LogP contribution is -2.61. The van der Waals surface area contributed by atoms with E-state index >= 15 is 0 Å². The Kier molecular flexibility index (Phi) is 8.16. The first kappa shape index (κ1) is 38.7. The molecule has 3 heteroatoms. The molecule has 0 unspecified atom stereocenters. The molecule has 0 N–H and O–H groups in total. The number of nitrogens with zero attached hydrogens (tertiary/aromatic N) is 2. The molecule has 0 aromatic heterocycles. The summed E-state index contributed by atoms with van der Waals surface area (Å²) in [5.74, 6) is 0. The Morgan fingerprint density at radius 3 is 0.928 bits per heavy atom. The standard InChI is InChI=1S/C66H45BN2/c1-3-40-38-56-65(54-30-15-5-20-42(40)54)68(58-34-17-32-52-48-24-9-7-22-44(48)46-26-11-13-28-50(46)62(52)58)60-36-19-37-61-64(60)67(56)57-39-41(4-2)43-21-6-16-31-55(43)66(57)69(61)59-35-18-33-53-49-25-10-8-23-45(49)47-27-12-14-29-51(47)63(53)59/h5-39H,3-4H2,1-2H3. The second kappa shape index (κ2) is 14.6. The molecule has 0 radical (unpaired) electrons. The predicted molar refractivity (Wildman–Crippen MR) is 299 cm³/mol. The van der Waals surface area contributed by atoms with E-state index in [4.69, 9.17) is 0 Å². The van der Waals surface area contributed by atoms with E-state index < -0.39 is 0 Å². The Hall–Kier alpha value is -8.40. The minimum Gasteiger partial charge on any atom is -0.310 e. The minimum atomic E-state index is -0.0291. The van der Waals surface area contributed by atoms with Crippen molar-refractivity contribution >= 4 is 143 Å². The number of fused-ring (bicyclic) bond motifs is 20. The SMILES string of the molecule is CCc1cc2c(c3ccccc13)N(c1cccc3c4ccccc4c4ccccc4c13)c1cccc3c1B2c1cc(CC)c2ccccc2c1N3c1cccc2c3ccccc3c3ccccc3c12. The molecule has 2 aliphatic rings. The zero-order valence-electron chi connectivity index (χ0n) is 38.6. The summed E-state index contributed by atoms with van der Waals surface area (Å²) in [6.07, 6.45) is 1.88. The zero-order chi connectivity index (χ0) is 45.5. The fraction of sp³-hybridized carbons (Fsp3) is 0.0606. The van der Waals surface area contributed by atoms with E-state index in [1.807, 2.05) is 0 Å². The molecule has 0 spiro atoms. The van der Waals surface area contributed by atoms with Gasteiger partial charge in [0.2, 0.25) is 0 Å². The van der Waals surface area contributed by atoms with Crippen LogP contribution in [0.3, 0.4) is 0 Å². The summed E-state index contributed by atoms with van der Waals surface area (Å²) in [6.45, 7) is 4.62. The highest BCUT2D eigenvalue weighted by Crippen LogP contribution is 2.52. The van der Waals surface area contributed by atoms with Crippen LogP contribution >= 0.6 is 0 Å². The van der Waals surface area contributed by atoms with Gasteiger partial charge in [0.15, 0.2) is 0 Å². The normalized spacial score (nSPS) is 13.1. The van der Waals surface area contributed by atoms with Gasteiger partial charge in [-0.1, -0.05) is 202 Å². The maximum Gasteiger partial charge on any atom is 0.252 e. The molecule has 13 aromatic rings. The highest BCUT2D eigenvalue weighted by molar-refractivity contribution is 7.01. The molecule has 0 atom stereocenters. The predicted octanol–water partition coefficient (Wildman–Crippen LogP) is 16.1. The lowest BCUT2D eigenvalue weighted by molar-refractivity contribution is 1.16. The first-order valence-corrected chi connectivity index (χ1v) is 24.7. The number of rotatable bonds is 4. The summed E-state index contributed by atoms with van der Waals surface area (Å²) in [5.41, 5.74) is 14.2. The number of benzene rings is 13. The summed E-state index contributed by atoms with van der Waals surface area (Å²) < 4.78 is 0. The molecular formula is C66H45BN2. The van der Waals surface area contributed by atoms with Crippen LogP contribution in [-0.2, 0) is 12.8 Å². The molecule has 0 bridgehead atoms. The van der Waals surface area contributed by atoms with Crippen molar-refractivity contribution in [3.63, 3.8) is 0 Å². The van der Waals surface area contributed by atoms with Crippen LogP contribution in [0.1, 0.15) is 25.0 Å². The zero-order valence-corrected chi connectivity index (χ0v) is 38.6. The fourth-order valence-corrected chi connectivity index (χ4v) is 13.1. The van der Waals surface area contributed by atoms with Crippen molar-refractivity contribution in [1.82, 2.24) is 0 Å². The largest absolute Gasteiger partial charge is 0.310 e. The quantitative estimate of drug-likeness (QED) is 0.128. The third-order valence-corrected chi connectivity index (χ3v) is 15.9. The summed E-state index contributed by atoms with van der Waals surface area (Å²) in [6, 6.07) is 80.7. The third-order valence-electron chi connectivity index (χ3n) is 15.9. The van der Waals surface area contributed by atoms with Gasteiger partial charge >= 0.3 is 0 Å². The Morgan fingerprint density at radius 2 is 0.565 bits per heavy atom. The topological polar surface area (TPSA) is 6.48 Å². The van der Waals surface area contributed by atoms with Gasteiger partial charge in [0.25, 0.3) is 6.71 Å². The monoisotopic (exact) mass is 876 g/mol. The van der Waals surface area contributed by atoms with Gasteiger partial charge in [-0.3, -0.25) is 0 Å². The van der Waals surface area contributed by atoms with Crippen LogP contribution in [-0.4, -0.2) is 6.71 Å². The van der Waals surface area contributed by atoms with Crippen molar-refractivity contribution in [3.05, 3.63) is 223 Å². The van der Waals surface area contributed by atoms with Crippen LogP contribution in [0.4, 0.5) is 34.1 Å². The number of hydrogen-bond donors (Lipinski definition) is 0.